The summed E-state index contributed by atoms with van der Waals surface area (Å²) in [5, 5.41) is 0. The van der Waals surface area contributed by atoms with Crippen molar-refractivity contribution < 1.29 is 18.6 Å². The molecule has 0 fully saturated rings. The van der Waals surface area contributed by atoms with Crippen LogP contribution in [0.3, 0.4) is 0 Å². The number of halogens is 1. The molecular weight excluding hydrogens is 187 g/mol. The van der Waals surface area contributed by atoms with Gasteiger partial charge in [0.15, 0.2) is 0 Å². The molecule has 0 atom stereocenters. The third-order valence-corrected chi connectivity index (χ3v) is 1.95. The van der Waals surface area contributed by atoms with Gasteiger partial charge in [-0.1, -0.05) is 0 Å². The largest absolute Gasteiger partial charge is 0.496 e. The first-order valence-corrected chi connectivity index (χ1v) is 4.11. The first kappa shape index (κ1) is 10.6. The lowest BCUT2D eigenvalue weighted by Crippen LogP contribution is -1.96. The minimum absolute atomic E-state index is 0.399. The number of alkyl halides is 1. The van der Waals surface area contributed by atoms with E-state index in [0.29, 0.717) is 22.8 Å². The first-order chi connectivity index (χ1) is 6.76. The summed E-state index contributed by atoms with van der Waals surface area (Å²) in [6, 6.07) is 3.24. The molecule has 3 nitrogen and oxygen atoms in total. The summed E-state index contributed by atoms with van der Waals surface area (Å²) in [6.45, 7) is -0.629. The zero-order valence-corrected chi connectivity index (χ0v) is 8.46. The molecule has 0 aliphatic heterocycles. The highest BCUT2D eigenvalue weighted by atomic mass is 19.1. The zero-order valence-electron chi connectivity index (χ0n) is 8.46. The number of methoxy groups -OCH3 is 3. The normalized spacial score (nSPS) is 9.71. The molecule has 0 N–H and O–H groups in total. The van der Waals surface area contributed by atoms with E-state index >= 15 is 0 Å². The Morgan fingerprint density at radius 1 is 1.00 bits per heavy atom. The molecule has 0 aliphatic carbocycles. The van der Waals surface area contributed by atoms with Gasteiger partial charge in [0.05, 0.1) is 26.9 Å². The van der Waals surface area contributed by atoms with E-state index in [2.05, 4.69) is 0 Å². The average molecular weight is 200 g/mol. The molecule has 0 bridgehead atoms. The van der Waals surface area contributed by atoms with Crippen molar-refractivity contribution in [2.75, 3.05) is 21.3 Å². The molecule has 78 valence electrons. The van der Waals surface area contributed by atoms with E-state index in [-0.39, 0.29) is 0 Å². The Kier molecular flexibility index (Phi) is 3.56. The molecule has 0 radical (unpaired) electrons. The van der Waals surface area contributed by atoms with E-state index in [1.807, 2.05) is 0 Å². The van der Waals surface area contributed by atoms with Crippen molar-refractivity contribution in [3.8, 4) is 17.2 Å². The maximum Gasteiger partial charge on any atom is 0.132 e. The van der Waals surface area contributed by atoms with Crippen LogP contribution >= 0.6 is 0 Å². The van der Waals surface area contributed by atoms with Crippen molar-refractivity contribution in [1.29, 1.82) is 0 Å². The van der Waals surface area contributed by atoms with Gasteiger partial charge in [0.1, 0.15) is 23.9 Å². The summed E-state index contributed by atoms with van der Waals surface area (Å²) < 4.78 is 27.7. The Balaban J connectivity index is 3.24. The number of hydrogen-bond acceptors (Lipinski definition) is 3. The van der Waals surface area contributed by atoms with Gasteiger partial charge in [-0.2, -0.15) is 0 Å². The Labute approximate surface area is 82.4 Å². The summed E-state index contributed by atoms with van der Waals surface area (Å²) >= 11 is 0. The lowest BCUT2D eigenvalue weighted by atomic mass is 10.2. The lowest BCUT2D eigenvalue weighted by molar-refractivity contribution is 0.354. The van der Waals surface area contributed by atoms with Gasteiger partial charge in [0.25, 0.3) is 0 Å². The second-order valence-corrected chi connectivity index (χ2v) is 2.64. The quantitative estimate of drug-likeness (QED) is 0.745. The first-order valence-electron chi connectivity index (χ1n) is 4.11. The smallest absolute Gasteiger partial charge is 0.132 e. The second kappa shape index (κ2) is 4.69. The third-order valence-electron chi connectivity index (χ3n) is 1.95. The minimum Gasteiger partial charge on any atom is -0.496 e. The molecule has 0 aromatic heterocycles. The predicted molar refractivity (Wildman–Crippen MR) is 50.9 cm³/mol. The summed E-state index contributed by atoms with van der Waals surface area (Å²) in [7, 11) is 4.49. The fraction of sp³-hybridized carbons (Fsp3) is 0.400. The van der Waals surface area contributed by atoms with Gasteiger partial charge in [0, 0.05) is 12.1 Å². The number of rotatable bonds is 4. The average Bonchev–Trinajstić information content (AvgIpc) is 2.26. The van der Waals surface area contributed by atoms with Gasteiger partial charge in [-0.05, 0) is 0 Å². The molecule has 0 saturated carbocycles. The van der Waals surface area contributed by atoms with Crippen LogP contribution in [0.25, 0.3) is 0 Å². The molecule has 0 aliphatic rings. The monoisotopic (exact) mass is 200 g/mol. The Hall–Kier alpha value is -1.45. The highest BCUT2D eigenvalue weighted by Crippen LogP contribution is 2.34. The predicted octanol–water partition coefficient (Wildman–Crippen LogP) is 2.18. The maximum absolute atomic E-state index is 12.7. The van der Waals surface area contributed by atoms with E-state index in [0.717, 1.165) is 0 Å². The van der Waals surface area contributed by atoms with Crippen LogP contribution in [0.4, 0.5) is 4.39 Å². The van der Waals surface area contributed by atoms with Crippen molar-refractivity contribution in [3.05, 3.63) is 17.7 Å². The van der Waals surface area contributed by atoms with Gasteiger partial charge >= 0.3 is 0 Å². The van der Waals surface area contributed by atoms with Crippen LogP contribution < -0.4 is 14.2 Å². The molecule has 14 heavy (non-hydrogen) atoms. The van der Waals surface area contributed by atoms with Crippen molar-refractivity contribution in [2.24, 2.45) is 0 Å². The molecule has 0 unspecified atom stereocenters. The summed E-state index contributed by atoms with van der Waals surface area (Å²) in [5.74, 6) is 1.45. The molecule has 1 aromatic carbocycles. The molecular formula is C10H13FO3. The van der Waals surface area contributed by atoms with Crippen LogP contribution in [0.1, 0.15) is 5.56 Å². The summed E-state index contributed by atoms with van der Waals surface area (Å²) in [4.78, 5) is 0. The van der Waals surface area contributed by atoms with E-state index in [1.54, 1.807) is 12.1 Å². The Morgan fingerprint density at radius 2 is 1.50 bits per heavy atom. The van der Waals surface area contributed by atoms with Gasteiger partial charge in [-0.15, -0.1) is 0 Å². The van der Waals surface area contributed by atoms with Gasteiger partial charge in [-0.25, -0.2) is 4.39 Å². The Morgan fingerprint density at radius 3 is 1.79 bits per heavy atom. The molecule has 0 heterocycles. The number of benzene rings is 1. The van der Waals surface area contributed by atoms with E-state index < -0.39 is 6.67 Å². The Bertz CT molecular complexity index is 287. The van der Waals surface area contributed by atoms with E-state index in [4.69, 9.17) is 14.2 Å². The second-order valence-electron chi connectivity index (χ2n) is 2.64. The zero-order chi connectivity index (χ0) is 10.6. The van der Waals surface area contributed by atoms with Crippen LogP contribution in [0.15, 0.2) is 12.1 Å². The molecule has 1 aromatic rings. The standard InChI is InChI=1S/C10H13FO3/c1-12-7-4-9(13-2)8(6-11)10(5-7)14-3/h4-5H,6H2,1-3H3. The topological polar surface area (TPSA) is 27.7 Å². The molecule has 0 saturated heterocycles. The summed E-state index contributed by atoms with van der Waals surface area (Å²) in [6.07, 6.45) is 0. The van der Waals surface area contributed by atoms with E-state index in [1.165, 1.54) is 21.3 Å². The molecule has 4 heteroatoms. The van der Waals surface area contributed by atoms with Gasteiger partial charge < -0.3 is 14.2 Å². The van der Waals surface area contributed by atoms with Crippen molar-refractivity contribution in [2.45, 2.75) is 6.67 Å². The highest BCUT2D eigenvalue weighted by Gasteiger charge is 2.12. The minimum atomic E-state index is -0.629. The number of ether oxygens (including phenoxy) is 3. The summed E-state index contributed by atoms with van der Waals surface area (Å²) in [5.41, 5.74) is 0.399. The van der Waals surface area contributed by atoms with Gasteiger partial charge in [-0.3, -0.25) is 0 Å². The lowest BCUT2D eigenvalue weighted by Gasteiger charge is -2.12. The fourth-order valence-corrected chi connectivity index (χ4v) is 1.21. The van der Waals surface area contributed by atoms with Gasteiger partial charge in [0.2, 0.25) is 0 Å². The number of hydrogen-bond donors (Lipinski definition) is 0. The van der Waals surface area contributed by atoms with Crippen LogP contribution in [0.5, 0.6) is 17.2 Å². The third kappa shape index (κ3) is 1.89. The van der Waals surface area contributed by atoms with Crippen LogP contribution in [-0.2, 0) is 6.67 Å². The SMILES string of the molecule is COc1cc(OC)c(CF)c(OC)c1. The van der Waals surface area contributed by atoms with Crippen LogP contribution in [0.2, 0.25) is 0 Å². The highest BCUT2D eigenvalue weighted by molar-refractivity contribution is 5.50. The molecule has 0 amide bonds. The molecule has 1 rings (SSSR count). The molecule has 0 spiro atoms. The fourth-order valence-electron chi connectivity index (χ4n) is 1.21. The van der Waals surface area contributed by atoms with Crippen molar-refractivity contribution >= 4 is 0 Å². The van der Waals surface area contributed by atoms with Crippen LogP contribution in [0, 0.1) is 0 Å². The van der Waals surface area contributed by atoms with Crippen LogP contribution in [-0.4, -0.2) is 21.3 Å². The van der Waals surface area contributed by atoms with E-state index in [9.17, 15) is 4.39 Å². The van der Waals surface area contributed by atoms with Crippen molar-refractivity contribution in [1.82, 2.24) is 0 Å². The van der Waals surface area contributed by atoms with Crippen molar-refractivity contribution in [3.63, 3.8) is 0 Å². The maximum atomic E-state index is 12.7.